The van der Waals surface area contributed by atoms with Gasteiger partial charge in [0, 0.05) is 0 Å². The van der Waals surface area contributed by atoms with E-state index in [2.05, 4.69) is 4.74 Å². The highest BCUT2D eigenvalue weighted by Gasteiger charge is 2.22. The van der Waals surface area contributed by atoms with Crippen LogP contribution < -0.4 is 0 Å². The molecule has 0 aliphatic heterocycles. The van der Waals surface area contributed by atoms with Crippen LogP contribution in [-0.2, 0) is 14.2 Å². The average molecular weight is 280 g/mol. The summed E-state index contributed by atoms with van der Waals surface area (Å²) < 4.78 is 13.0. The third-order valence-corrected chi connectivity index (χ3v) is 0.954. The van der Waals surface area contributed by atoms with Gasteiger partial charge in [-0.2, -0.15) is 0 Å². The van der Waals surface area contributed by atoms with Crippen molar-refractivity contribution >= 4 is 18.5 Å². The molecule has 0 saturated carbocycles. The SMILES string of the molecule is CC(C)(C)OC(=O)OC(C)(C)C.O=C(O)OC(=O)O. The molecule has 112 valence electrons. The van der Waals surface area contributed by atoms with E-state index in [4.69, 9.17) is 19.7 Å². The summed E-state index contributed by atoms with van der Waals surface area (Å²) in [5, 5.41) is 15.0. The molecule has 0 saturated heterocycles. The summed E-state index contributed by atoms with van der Waals surface area (Å²) in [6, 6.07) is 0. The van der Waals surface area contributed by atoms with Gasteiger partial charge in [-0.05, 0) is 41.5 Å². The maximum atomic E-state index is 11.0. The average Bonchev–Trinajstić information content (AvgIpc) is 1.91. The van der Waals surface area contributed by atoms with Gasteiger partial charge in [-0.25, -0.2) is 14.4 Å². The van der Waals surface area contributed by atoms with Crippen molar-refractivity contribution in [1.29, 1.82) is 0 Å². The molecule has 0 rings (SSSR count). The first-order valence-electron chi connectivity index (χ1n) is 5.28. The molecule has 0 aromatic rings. The normalized spacial score (nSPS) is 10.6. The molecule has 0 atom stereocenters. The molecule has 0 unspecified atom stereocenters. The topological polar surface area (TPSA) is 119 Å². The Hall–Kier alpha value is -1.99. The minimum atomic E-state index is -1.81. The lowest BCUT2D eigenvalue weighted by atomic mass is 10.2. The van der Waals surface area contributed by atoms with E-state index in [1.54, 1.807) is 41.5 Å². The Balaban J connectivity index is 0. The lowest BCUT2D eigenvalue weighted by Crippen LogP contribution is -2.30. The van der Waals surface area contributed by atoms with E-state index in [-0.39, 0.29) is 0 Å². The Bertz CT molecular complexity index is 291. The number of hydrogen-bond acceptors (Lipinski definition) is 6. The van der Waals surface area contributed by atoms with Gasteiger partial charge in [0.15, 0.2) is 0 Å². The number of carbonyl (C=O) groups is 3. The zero-order valence-electron chi connectivity index (χ0n) is 11.8. The number of hydrogen-bond donors (Lipinski definition) is 2. The molecule has 0 aliphatic carbocycles. The van der Waals surface area contributed by atoms with E-state index in [9.17, 15) is 14.4 Å². The molecule has 0 aromatic heterocycles. The van der Waals surface area contributed by atoms with Gasteiger partial charge in [0.25, 0.3) is 0 Å². The lowest BCUT2D eigenvalue weighted by Gasteiger charge is -2.24. The van der Waals surface area contributed by atoms with E-state index in [0.29, 0.717) is 0 Å². The highest BCUT2D eigenvalue weighted by atomic mass is 16.7. The van der Waals surface area contributed by atoms with Crippen molar-refractivity contribution in [2.75, 3.05) is 0 Å². The van der Waals surface area contributed by atoms with Gasteiger partial charge in [-0.1, -0.05) is 0 Å². The van der Waals surface area contributed by atoms with Crippen LogP contribution in [0.2, 0.25) is 0 Å². The molecule has 0 radical (unpaired) electrons. The summed E-state index contributed by atoms with van der Waals surface area (Å²) in [5.41, 5.74) is -0.968. The summed E-state index contributed by atoms with van der Waals surface area (Å²) in [4.78, 5) is 29.4. The van der Waals surface area contributed by atoms with Crippen molar-refractivity contribution in [2.45, 2.75) is 52.7 Å². The van der Waals surface area contributed by atoms with Gasteiger partial charge in [0.05, 0.1) is 0 Å². The van der Waals surface area contributed by atoms with Gasteiger partial charge < -0.3 is 24.4 Å². The maximum absolute atomic E-state index is 11.0. The Kier molecular flexibility index (Phi) is 7.58. The monoisotopic (exact) mass is 280 g/mol. The molecule has 0 aromatic carbocycles. The molecule has 0 aliphatic rings. The second-order valence-electron chi connectivity index (χ2n) is 5.31. The lowest BCUT2D eigenvalue weighted by molar-refractivity contribution is -0.0468. The molecule has 0 spiro atoms. The van der Waals surface area contributed by atoms with E-state index < -0.39 is 29.7 Å². The highest BCUT2D eigenvalue weighted by Crippen LogP contribution is 2.13. The number of rotatable bonds is 0. The largest absolute Gasteiger partial charge is 0.516 e. The van der Waals surface area contributed by atoms with Crippen LogP contribution in [0.3, 0.4) is 0 Å². The number of ether oxygens (including phenoxy) is 3. The second-order valence-corrected chi connectivity index (χ2v) is 5.31. The first-order valence-corrected chi connectivity index (χ1v) is 5.28. The molecular weight excluding hydrogens is 260 g/mol. The third-order valence-electron chi connectivity index (χ3n) is 0.954. The summed E-state index contributed by atoms with van der Waals surface area (Å²) in [5.74, 6) is 0. The molecule has 0 fully saturated rings. The number of carbonyl (C=O) groups excluding carboxylic acids is 1. The summed E-state index contributed by atoms with van der Waals surface area (Å²) >= 11 is 0. The standard InChI is InChI=1S/C9H18O3.C2H2O5/c1-8(2,3)11-7(10)12-9(4,5)6;3-1(4)7-2(5)6/h1-6H3;(H,3,4)(H,5,6). The first-order chi connectivity index (χ1) is 8.23. The van der Waals surface area contributed by atoms with E-state index in [1.807, 2.05) is 0 Å². The van der Waals surface area contributed by atoms with Crippen LogP contribution in [0.25, 0.3) is 0 Å². The first kappa shape index (κ1) is 19.4. The van der Waals surface area contributed by atoms with Crippen molar-refractivity contribution in [2.24, 2.45) is 0 Å². The van der Waals surface area contributed by atoms with Crippen LogP contribution in [0.5, 0.6) is 0 Å². The summed E-state index contributed by atoms with van der Waals surface area (Å²) in [7, 11) is 0. The van der Waals surface area contributed by atoms with E-state index in [1.165, 1.54) is 0 Å². The van der Waals surface area contributed by atoms with Crippen molar-refractivity contribution in [3.8, 4) is 0 Å². The molecule has 0 heterocycles. The predicted octanol–water partition coefficient (Wildman–Crippen LogP) is 3.10. The quantitative estimate of drug-likeness (QED) is 0.513. The Morgan fingerprint density at radius 1 is 0.737 bits per heavy atom. The van der Waals surface area contributed by atoms with Crippen molar-refractivity contribution in [3.05, 3.63) is 0 Å². The van der Waals surface area contributed by atoms with Crippen LogP contribution in [0.1, 0.15) is 41.5 Å². The van der Waals surface area contributed by atoms with Crippen LogP contribution in [0.15, 0.2) is 0 Å². The van der Waals surface area contributed by atoms with Gasteiger partial charge in [0.1, 0.15) is 11.2 Å². The smallest absolute Gasteiger partial charge is 0.449 e. The fraction of sp³-hybridized carbons (Fsp3) is 0.727. The molecule has 2 N–H and O–H groups in total. The fourth-order valence-corrected chi connectivity index (χ4v) is 0.596. The van der Waals surface area contributed by atoms with Gasteiger partial charge >= 0.3 is 18.5 Å². The Morgan fingerprint density at radius 3 is 1.11 bits per heavy atom. The summed E-state index contributed by atoms with van der Waals surface area (Å²) in [6.07, 6.45) is -4.24. The van der Waals surface area contributed by atoms with Crippen molar-refractivity contribution in [3.63, 3.8) is 0 Å². The Labute approximate surface area is 111 Å². The molecule has 19 heavy (non-hydrogen) atoms. The fourth-order valence-electron chi connectivity index (χ4n) is 0.596. The van der Waals surface area contributed by atoms with Gasteiger partial charge in [-0.15, -0.1) is 0 Å². The van der Waals surface area contributed by atoms with Crippen LogP contribution in [0, 0.1) is 0 Å². The molecular formula is C11H20O8. The zero-order valence-corrected chi connectivity index (χ0v) is 11.8. The number of carboxylic acid groups (broad SMARTS) is 2. The Morgan fingerprint density at radius 2 is 1.00 bits per heavy atom. The predicted molar refractivity (Wildman–Crippen MR) is 64.2 cm³/mol. The van der Waals surface area contributed by atoms with Crippen molar-refractivity contribution in [1.82, 2.24) is 0 Å². The second kappa shape index (κ2) is 7.45. The van der Waals surface area contributed by atoms with Crippen LogP contribution >= 0.6 is 0 Å². The molecule has 8 heteroatoms. The molecule has 0 amide bonds. The zero-order chi connectivity index (χ0) is 15.9. The van der Waals surface area contributed by atoms with Crippen molar-refractivity contribution < 1.29 is 38.8 Å². The highest BCUT2D eigenvalue weighted by molar-refractivity contribution is 5.74. The van der Waals surface area contributed by atoms with Gasteiger partial charge in [0.2, 0.25) is 0 Å². The van der Waals surface area contributed by atoms with Crippen LogP contribution in [0.4, 0.5) is 14.4 Å². The third kappa shape index (κ3) is 21.8. The summed E-state index contributed by atoms with van der Waals surface area (Å²) in [6.45, 7) is 10.8. The molecule has 0 bridgehead atoms. The van der Waals surface area contributed by atoms with Crippen LogP contribution in [-0.4, -0.2) is 39.9 Å². The molecule has 8 nitrogen and oxygen atoms in total. The minimum Gasteiger partial charge on any atom is -0.449 e. The maximum Gasteiger partial charge on any atom is 0.516 e. The van der Waals surface area contributed by atoms with E-state index in [0.717, 1.165) is 0 Å². The van der Waals surface area contributed by atoms with Gasteiger partial charge in [-0.3, -0.25) is 0 Å². The van der Waals surface area contributed by atoms with E-state index >= 15 is 0 Å². The minimum absolute atomic E-state index is 0.484.